The summed E-state index contributed by atoms with van der Waals surface area (Å²) in [6, 6.07) is 13.2. The van der Waals surface area contributed by atoms with Crippen molar-refractivity contribution < 1.29 is 9.53 Å². The van der Waals surface area contributed by atoms with Gasteiger partial charge in [0.2, 0.25) is 0 Å². The van der Waals surface area contributed by atoms with E-state index in [-0.39, 0.29) is 11.6 Å². The maximum Gasteiger partial charge on any atom is 0.318 e. The minimum absolute atomic E-state index is 0.0827. The second-order valence-corrected chi connectivity index (χ2v) is 12.1. The predicted molar refractivity (Wildman–Crippen MR) is 158 cm³/mol. The molecule has 9 nitrogen and oxygen atoms in total. The van der Waals surface area contributed by atoms with E-state index in [1.807, 2.05) is 12.1 Å². The van der Waals surface area contributed by atoms with Gasteiger partial charge in [-0.3, -0.25) is 0 Å². The number of hydrogen-bond donors (Lipinski definition) is 2. The Morgan fingerprint density at radius 1 is 1.10 bits per heavy atom. The zero-order valence-corrected chi connectivity index (χ0v) is 23.7. The van der Waals surface area contributed by atoms with Gasteiger partial charge in [-0.1, -0.05) is 35.9 Å². The summed E-state index contributed by atoms with van der Waals surface area (Å²) >= 11 is 6.70. The molecule has 7 rings (SSSR count). The highest BCUT2D eigenvalue weighted by Crippen LogP contribution is 2.38. The second-order valence-electron chi connectivity index (χ2n) is 11.7. The van der Waals surface area contributed by atoms with Crippen molar-refractivity contribution in [3.05, 3.63) is 52.7 Å². The predicted octanol–water partition coefficient (Wildman–Crippen LogP) is 3.97. The van der Waals surface area contributed by atoms with Gasteiger partial charge >= 0.3 is 12.0 Å². The van der Waals surface area contributed by atoms with E-state index >= 15 is 0 Å². The minimum atomic E-state index is -0.263. The van der Waals surface area contributed by atoms with Crippen molar-refractivity contribution in [3.63, 3.8) is 0 Å². The van der Waals surface area contributed by atoms with Gasteiger partial charge in [-0.15, -0.1) is 0 Å². The number of carbonyl (C=O) groups excluding carboxylic acids is 1. The molecule has 0 bridgehead atoms. The monoisotopic (exact) mass is 561 g/mol. The Morgan fingerprint density at radius 2 is 1.98 bits per heavy atom. The average molecular weight is 562 g/mol. The van der Waals surface area contributed by atoms with E-state index in [1.54, 1.807) is 0 Å². The maximum atomic E-state index is 12.1. The van der Waals surface area contributed by atoms with Gasteiger partial charge in [0.15, 0.2) is 0 Å². The first-order valence-corrected chi connectivity index (χ1v) is 14.8. The molecule has 0 saturated carbocycles. The van der Waals surface area contributed by atoms with Crippen LogP contribution in [-0.2, 0) is 13.0 Å². The zero-order chi connectivity index (χ0) is 27.3. The fourth-order valence-corrected chi connectivity index (χ4v) is 7.24. The van der Waals surface area contributed by atoms with E-state index in [0.29, 0.717) is 31.7 Å². The number of benzene rings is 2. The van der Waals surface area contributed by atoms with E-state index in [1.165, 1.54) is 12.0 Å². The number of anilines is 2. The maximum absolute atomic E-state index is 12.1. The Bertz CT molecular complexity index is 1450. The first kappa shape index (κ1) is 25.7. The molecule has 3 fully saturated rings. The quantitative estimate of drug-likeness (QED) is 0.487. The van der Waals surface area contributed by atoms with Crippen LogP contribution < -0.4 is 25.2 Å². The van der Waals surface area contributed by atoms with Crippen molar-refractivity contribution in [1.82, 2.24) is 25.5 Å². The molecule has 2 amide bonds. The Morgan fingerprint density at radius 3 is 2.77 bits per heavy atom. The number of ether oxygens (including phenoxy) is 1. The van der Waals surface area contributed by atoms with Crippen molar-refractivity contribution in [2.75, 3.05) is 56.2 Å². The molecule has 3 aromatic rings. The standard InChI is InChI=1S/C30H36ClN7O2/c1-36-13-4-8-21(36)17-40-29-33-24-16-37(25-10-3-7-20-6-2-9-23(31)26(20)25)15-11-22(24)27(34-29)38-14-5-12-30(19-38)18-32-28(39)35-30/h2-3,6-7,9-10,21H,4-5,8,11-19H2,1H3,(H2,32,35,39)/t21-,30?/m0/s1. The first-order valence-electron chi connectivity index (χ1n) is 14.4. The van der Waals surface area contributed by atoms with Crippen LogP contribution in [0.15, 0.2) is 36.4 Å². The summed E-state index contributed by atoms with van der Waals surface area (Å²) in [5.74, 6) is 0.954. The number of fused-ring (bicyclic) bond motifs is 2. The Kier molecular flexibility index (Phi) is 6.59. The molecule has 0 aliphatic carbocycles. The third-order valence-corrected chi connectivity index (χ3v) is 9.43. The molecule has 210 valence electrons. The molecule has 2 aromatic carbocycles. The van der Waals surface area contributed by atoms with Crippen molar-refractivity contribution >= 4 is 39.9 Å². The molecular formula is C30H36ClN7O2. The number of aromatic nitrogens is 2. The normalized spacial score (nSPS) is 24.9. The molecule has 40 heavy (non-hydrogen) atoms. The third-order valence-electron chi connectivity index (χ3n) is 9.11. The number of urea groups is 1. The van der Waals surface area contributed by atoms with E-state index < -0.39 is 0 Å². The van der Waals surface area contributed by atoms with E-state index in [2.05, 4.69) is 56.6 Å². The minimum Gasteiger partial charge on any atom is -0.462 e. The van der Waals surface area contributed by atoms with Gasteiger partial charge in [0.25, 0.3) is 0 Å². The number of hydrogen-bond acceptors (Lipinski definition) is 7. The Hall–Kier alpha value is -3.30. The fraction of sp³-hybridized carbons (Fsp3) is 0.500. The van der Waals surface area contributed by atoms with Gasteiger partial charge in [0, 0.05) is 48.9 Å². The molecule has 0 radical (unpaired) electrons. The van der Waals surface area contributed by atoms with Crippen LogP contribution >= 0.6 is 11.6 Å². The van der Waals surface area contributed by atoms with Crippen LogP contribution in [0, 0.1) is 0 Å². The number of likely N-dealkylation sites (N-methyl/N-ethyl adjacent to an activating group) is 1. The molecule has 1 spiro atoms. The first-order chi connectivity index (χ1) is 19.5. The SMILES string of the molecule is CN1CCC[C@H]1COc1nc2c(c(N3CCCC4(CNC(=O)N4)C3)n1)CCN(c1cccc3cccc(Cl)c13)C2. The number of halogens is 1. The highest BCUT2D eigenvalue weighted by molar-refractivity contribution is 6.36. The van der Waals surface area contributed by atoms with Crippen LogP contribution in [0.3, 0.4) is 0 Å². The van der Waals surface area contributed by atoms with Crippen molar-refractivity contribution in [3.8, 4) is 6.01 Å². The summed E-state index contributed by atoms with van der Waals surface area (Å²) in [5.41, 5.74) is 3.05. The number of amides is 2. The summed E-state index contributed by atoms with van der Waals surface area (Å²) in [6.07, 6.45) is 5.10. The van der Waals surface area contributed by atoms with Crippen LogP contribution in [-0.4, -0.2) is 78.9 Å². The number of piperidine rings is 1. The van der Waals surface area contributed by atoms with Crippen LogP contribution in [0.2, 0.25) is 5.02 Å². The zero-order valence-electron chi connectivity index (χ0n) is 23.0. The molecule has 1 aromatic heterocycles. The van der Waals surface area contributed by atoms with Gasteiger partial charge in [-0.25, -0.2) is 4.79 Å². The highest BCUT2D eigenvalue weighted by atomic mass is 35.5. The summed E-state index contributed by atoms with van der Waals surface area (Å²) < 4.78 is 6.31. The third kappa shape index (κ3) is 4.69. The van der Waals surface area contributed by atoms with Crippen LogP contribution in [0.4, 0.5) is 16.3 Å². The molecule has 3 saturated heterocycles. The second kappa shape index (κ2) is 10.3. The molecular weight excluding hydrogens is 526 g/mol. The Balaban J connectivity index is 1.23. The summed E-state index contributed by atoms with van der Waals surface area (Å²) in [7, 11) is 2.16. The molecule has 4 aliphatic heterocycles. The van der Waals surface area contributed by atoms with E-state index in [4.69, 9.17) is 26.3 Å². The average Bonchev–Trinajstić information content (AvgIpc) is 3.54. The molecule has 4 aliphatic rings. The van der Waals surface area contributed by atoms with Crippen molar-refractivity contribution in [2.45, 2.75) is 50.2 Å². The summed E-state index contributed by atoms with van der Waals surface area (Å²) in [4.78, 5) is 29.2. The molecule has 2 N–H and O–H groups in total. The van der Waals surface area contributed by atoms with Crippen LogP contribution in [0.5, 0.6) is 6.01 Å². The number of rotatable bonds is 5. The van der Waals surface area contributed by atoms with Crippen molar-refractivity contribution in [1.29, 1.82) is 0 Å². The molecule has 10 heteroatoms. The molecule has 5 heterocycles. The van der Waals surface area contributed by atoms with Crippen molar-refractivity contribution in [2.24, 2.45) is 0 Å². The van der Waals surface area contributed by atoms with Gasteiger partial charge in [-0.05, 0) is 63.2 Å². The number of nitrogens with one attached hydrogen (secondary N) is 2. The van der Waals surface area contributed by atoms with Gasteiger partial charge in [0.1, 0.15) is 12.4 Å². The Labute approximate surface area is 239 Å². The number of likely N-dealkylation sites (tertiary alicyclic amines) is 1. The van der Waals surface area contributed by atoms with Crippen LogP contribution in [0.25, 0.3) is 10.8 Å². The topological polar surface area (TPSA) is 85.9 Å². The highest BCUT2D eigenvalue weighted by Gasteiger charge is 2.42. The smallest absolute Gasteiger partial charge is 0.318 e. The van der Waals surface area contributed by atoms with Gasteiger partial charge in [-0.2, -0.15) is 9.97 Å². The molecule has 1 unspecified atom stereocenters. The van der Waals surface area contributed by atoms with E-state index in [0.717, 1.165) is 84.9 Å². The van der Waals surface area contributed by atoms with E-state index in [9.17, 15) is 4.79 Å². The van der Waals surface area contributed by atoms with Crippen LogP contribution in [0.1, 0.15) is 36.9 Å². The van der Waals surface area contributed by atoms with Gasteiger partial charge < -0.3 is 30.1 Å². The van der Waals surface area contributed by atoms with Gasteiger partial charge in [0.05, 0.1) is 22.8 Å². The molecule has 2 atom stereocenters. The lowest BCUT2D eigenvalue weighted by atomic mass is 9.89. The summed E-state index contributed by atoms with van der Waals surface area (Å²) in [6.45, 7) is 5.45. The lowest BCUT2D eigenvalue weighted by Gasteiger charge is -2.41. The largest absolute Gasteiger partial charge is 0.462 e. The summed E-state index contributed by atoms with van der Waals surface area (Å²) in [5, 5.41) is 9.13. The lowest BCUT2D eigenvalue weighted by Crippen LogP contribution is -2.56. The number of carbonyl (C=O) groups is 1. The lowest BCUT2D eigenvalue weighted by molar-refractivity contribution is 0.187. The number of nitrogens with zero attached hydrogens (tertiary/aromatic N) is 5. The fourth-order valence-electron chi connectivity index (χ4n) is 6.96.